The van der Waals surface area contributed by atoms with E-state index in [9.17, 15) is 4.79 Å². The fourth-order valence-corrected chi connectivity index (χ4v) is 2.40. The van der Waals surface area contributed by atoms with Crippen LogP contribution < -0.4 is 11.5 Å². The summed E-state index contributed by atoms with van der Waals surface area (Å²) in [4.78, 5) is 15.4. The Hall–Kier alpha value is -1.53. The highest BCUT2D eigenvalue weighted by atomic mass is 32.2. The van der Waals surface area contributed by atoms with Crippen molar-refractivity contribution in [1.82, 2.24) is 4.98 Å². The molecule has 0 saturated carbocycles. The summed E-state index contributed by atoms with van der Waals surface area (Å²) < 4.78 is 5.54. The number of carbonyl (C=O) groups excluding carboxylic acids is 1. The largest absolute Gasteiger partial charge is 0.431 e. The Labute approximate surface area is 109 Å². The number of carbonyl (C=O) groups is 1. The highest BCUT2D eigenvalue weighted by molar-refractivity contribution is 7.99. The molecule has 0 aliphatic rings. The maximum Gasteiger partial charge on any atom is 0.256 e. The van der Waals surface area contributed by atoms with Crippen LogP contribution in [0.4, 0.5) is 0 Å². The summed E-state index contributed by atoms with van der Waals surface area (Å²) in [7, 11) is 0. The second kappa shape index (κ2) is 4.99. The molecule has 0 spiro atoms. The number of hydrogen-bond donors (Lipinski definition) is 2. The Kier molecular flexibility index (Phi) is 3.58. The van der Waals surface area contributed by atoms with E-state index in [4.69, 9.17) is 15.9 Å². The van der Waals surface area contributed by atoms with E-state index in [1.165, 1.54) is 11.8 Å². The number of thioether (sulfide) groups is 1. The van der Waals surface area contributed by atoms with Gasteiger partial charge in [-0.2, -0.15) is 0 Å². The maximum absolute atomic E-state index is 11.1. The van der Waals surface area contributed by atoms with Crippen molar-refractivity contribution in [2.75, 3.05) is 5.75 Å². The molecule has 0 aliphatic carbocycles. The van der Waals surface area contributed by atoms with Crippen molar-refractivity contribution in [2.45, 2.75) is 24.1 Å². The predicted octanol–water partition coefficient (Wildman–Crippen LogP) is 1.51. The molecule has 0 bridgehead atoms. The lowest BCUT2D eigenvalue weighted by molar-refractivity contribution is -0.122. The summed E-state index contributed by atoms with van der Waals surface area (Å²) in [6.07, 6.45) is 0.478. The highest BCUT2D eigenvalue weighted by Gasteiger charge is 2.25. The Morgan fingerprint density at radius 1 is 1.50 bits per heavy atom. The Morgan fingerprint density at radius 3 is 2.89 bits per heavy atom. The number of amides is 1. The Bertz CT molecular complexity index is 532. The average Bonchev–Trinajstić information content (AvgIpc) is 2.70. The molecule has 2 rings (SSSR count). The molecule has 6 heteroatoms. The van der Waals surface area contributed by atoms with Gasteiger partial charge in [0.15, 0.2) is 5.58 Å². The second-order valence-corrected chi connectivity index (χ2v) is 5.37. The highest BCUT2D eigenvalue weighted by Crippen LogP contribution is 2.24. The minimum Gasteiger partial charge on any atom is -0.431 e. The van der Waals surface area contributed by atoms with E-state index in [0.717, 1.165) is 11.1 Å². The van der Waals surface area contributed by atoms with Gasteiger partial charge in [-0.1, -0.05) is 23.9 Å². The van der Waals surface area contributed by atoms with Crippen LogP contribution in [0.1, 0.15) is 13.3 Å². The molecule has 1 heterocycles. The number of fused-ring (bicyclic) bond motifs is 1. The third kappa shape index (κ3) is 2.83. The van der Waals surface area contributed by atoms with Gasteiger partial charge in [-0.3, -0.25) is 4.79 Å². The number of benzene rings is 1. The molecule has 1 aromatic heterocycles. The van der Waals surface area contributed by atoms with Crippen LogP contribution >= 0.6 is 11.8 Å². The Morgan fingerprint density at radius 2 is 2.22 bits per heavy atom. The molecule has 0 saturated heterocycles. The summed E-state index contributed by atoms with van der Waals surface area (Å²) in [6, 6.07) is 7.55. The van der Waals surface area contributed by atoms with Gasteiger partial charge in [-0.15, -0.1) is 0 Å². The molecule has 0 fully saturated rings. The number of nitrogens with zero attached hydrogens (tertiary/aromatic N) is 1. The summed E-state index contributed by atoms with van der Waals surface area (Å²) in [6.45, 7) is 1.63. The van der Waals surface area contributed by atoms with Crippen LogP contribution in [0.25, 0.3) is 11.1 Å². The van der Waals surface area contributed by atoms with E-state index in [0.29, 0.717) is 17.4 Å². The van der Waals surface area contributed by atoms with Crippen LogP contribution in [-0.2, 0) is 4.79 Å². The van der Waals surface area contributed by atoms with Crippen molar-refractivity contribution < 1.29 is 9.21 Å². The van der Waals surface area contributed by atoms with Crippen molar-refractivity contribution in [3.05, 3.63) is 24.3 Å². The molecule has 4 N–H and O–H groups in total. The number of hydrogen-bond acceptors (Lipinski definition) is 5. The minimum atomic E-state index is -0.987. The van der Waals surface area contributed by atoms with Gasteiger partial charge < -0.3 is 15.9 Å². The SMILES string of the molecule is CC(N)(CCSc1nc2ccccc2o1)C(N)=O. The fourth-order valence-electron chi connectivity index (χ4n) is 1.39. The number of para-hydroxylation sites is 2. The molecule has 96 valence electrons. The van der Waals surface area contributed by atoms with E-state index in [-0.39, 0.29) is 0 Å². The van der Waals surface area contributed by atoms with Crippen molar-refractivity contribution in [3.8, 4) is 0 Å². The number of aromatic nitrogens is 1. The second-order valence-electron chi connectivity index (χ2n) is 4.33. The summed E-state index contributed by atoms with van der Waals surface area (Å²) in [5, 5.41) is 0.580. The van der Waals surface area contributed by atoms with Gasteiger partial charge in [0, 0.05) is 5.75 Å². The minimum absolute atomic E-state index is 0.478. The predicted molar refractivity (Wildman–Crippen MR) is 71.1 cm³/mol. The molecule has 5 nitrogen and oxygen atoms in total. The van der Waals surface area contributed by atoms with Gasteiger partial charge in [0.25, 0.3) is 5.22 Å². The van der Waals surface area contributed by atoms with Crippen LogP contribution in [0.15, 0.2) is 33.9 Å². The first-order valence-corrected chi connectivity index (χ1v) is 6.55. The summed E-state index contributed by atoms with van der Waals surface area (Å²) in [5.74, 6) is 0.128. The van der Waals surface area contributed by atoms with E-state index in [2.05, 4.69) is 4.98 Å². The Balaban J connectivity index is 1.96. The van der Waals surface area contributed by atoms with Crippen molar-refractivity contribution in [1.29, 1.82) is 0 Å². The molecule has 1 amide bonds. The first-order valence-electron chi connectivity index (χ1n) is 5.56. The van der Waals surface area contributed by atoms with Gasteiger partial charge in [-0.25, -0.2) is 4.98 Å². The van der Waals surface area contributed by atoms with Gasteiger partial charge in [0.1, 0.15) is 5.52 Å². The maximum atomic E-state index is 11.1. The smallest absolute Gasteiger partial charge is 0.256 e. The fraction of sp³-hybridized carbons (Fsp3) is 0.333. The molecule has 1 atom stereocenters. The summed E-state index contributed by atoms with van der Waals surface area (Å²) in [5.41, 5.74) is 11.6. The van der Waals surface area contributed by atoms with E-state index >= 15 is 0 Å². The average molecular weight is 265 g/mol. The van der Waals surface area contributed by atoms with E-state index < -0.39 is 11.4 Å². The number of nitrogens with two attached hydrogens (primary N) is 2. The zero-order valence-corrected chi connectivity index (χ0v) is 10.9. The van der Waals surface area contributed by atoms with Gasteiger partial charge >= 0.3 is 0 Å². The topological polar surface area (TPSA) is 95.1 Å². The quantitative estimate of drug-likeness (QED) is 0.799. The van der Waals surface area contributed by atoms with Gasteiger partial charge in [-0.05, 0) is 25.5 Å². The van der Waals surface area contributed by atoms with Crippen molar-refractivity contribution in [2.24, 2.45) is 11.5 Å². The lowest BCUT2D eigenvalue weighted by Gasteiger charge is -2.19. The van der Waals surface area contributed by atoms with Crippen LogP contribution in [0.5, 0.6) is 0 Å². The molecule has 18 heavy (non-hydrogen) atoms. The van der Waals surface area contributed by atoms with Crippen molar-refractivity contribution in [3.63, 3.8) is 0 Å². The molecule has 0 aliphatic heterocycles. The lowest BCUT2D eigenvalue weighted by Crippen LogP contribution is -2.49. The molecular weight excluding hydrogens is 250 g/mol. The molecule has 1 unspecified atom stereocenters. The standard InChI is InChI=1S/C12H15N3O2S/c1-12(14,10(13)16)6-7-18-11-15-8-4-2-3-5-9(8)17-11/h2-5H,6-7,14H2,1H3,(H2,13,16). The van der Waals surface area contributed by atoms with E-state index in [1.807, 2.05) is 24.3 Å². The number of oxazole rings is 1. The first kappa shape index (κ1) is 12.9. The van der Waals surface area contributed by atoms with Gasteiger partial charge in [0.2, 0.25) is 5.91 Å². The molecular formula is C12H15N3O2S. The first-order chi connectivity index (χ1) is 8.49. The molecule has 0 radical (unpaired) electrons. The van der Waals surface area contributed by atoms with Crippen molar-refractivity contribution >= 4 is 28.8 Å². The third-order valence-electron chi connectivity index (χ3n) is 2.68. The van der Waals surface area contributed by atoms with Crippen LogP contribution in [0, 0.1) is 0 Å². The monoisotopic (exact) mass is 265 g/mol. The lowest BCUT2D eigenvalue weighted by atomic mass is 10.0. The normalized spacial score (nSPS) is 14.6. The zero-order valence-electron chi connectivity index (χ0n) is 10.1. The summed E-state index contributed by atoms with van der Waals surface area (Å²) >= 11 is 1.42. The third-order valence-corrected chi connectivity index (χ3v) is 3.51. The number of primary amides is 1. The molecule has 1 aromatic carbocycles. The zero-order chi connectivity index (χ0) is 13.2. The van der Waals surface area contributed by atoms with Gasteiger partial charge in [0.05, 0.1) is 5.54 Å². The van der Waals surface area contributed by atoms with Crippen LogP contribution in [0.2, 0.25) is 0 Å². The van der Waals surface area contributed by atoms with Crippen LogP contribution in [-0.4, -0.2) is 22.2 Å². The van der Waals surface area contributed by atoms with E-state index in [1.54, 1.807) is 6.92 Å². The number of rotatable bonds is 5. The van der Waals surface area contributed by atoms with Crippen LogP contribution in [0.3, 0.4) is 0 Å². The molecule has 2 aromatic rings.